The fraction of sp³-hybridized carbons (Fsp3) is 0.538. The number of fused-ring (bicyclic) bond motifs is 1. The second-order valence-corrected chi connectivity index (χ2v) is 6.21. The van der Waals surface area contributed by atoms with Crippen LogP contribution in [0.15, 0.2) is 22.9 Å². The second kappa shape index (κ2) is 4.23. The van der Waals surface area contributed by atoms with Crippen molar-refractivity contribution in [2.24, 2.45) is 11.3 Å². The van der Waals surface area contributed by atoms with Crippen LogP contribution in [0.1, 0.15) is 19.3 Å². The van der Waals surface area contributed by atoms with Crippen molar-refractivity contribution in [1.29, 1.82) is 0 Å². The highest BCUT2D eigenvalue weighted by atomic mass is 79.9. The minimum Gasteiger partial charge on any atom is -0.481 e. The van der Waals surface area contributed by atoms with Crippen LogP contribution in [-0.4, -0.2) is 29.1 Å². The van der Waals surface area contributed by atoms with Gasteiger partial charge in [0.25, 0.3) is 0 Å². The van der Waals surface area contributed by atoms with Crippen molar-refractivity contribution in [3.8, 4) is 0 Å². The first-order chi connectivity index (χ1) is 8.62. The minimum absolute atomic E-state index is 0.286. The third-order valence-electron chi connectivity index (χ3n) is 4.35. The van der Waals surface area contributed by atoms with Crippen molar-refractivity contribution >= 4 is 27.6 Å². The summed E-state index contributed by atoms with van der Waals surface area (Å²) in [4.78, 5) is 17.9. The summed E-state index contributed by atoms with van der Waals surface area (Å²) in [5.41, 5.74) is 0.488. The average Bonchev–Trinajstić information content (AvgIpc) is 2.85. The molecule has 1 saturated carbocycles. The summed E-state index contributed by atoms with van der Waals surface area (Å²) in [5.74, 6) is -0.343. The van der Waals surface area contributed by atoms with Gasteiger partial charge in [0.05, 0.1) is 17.3 Å². The monoisotopic (exact) mass is 310 g/mol. The van der Waals surface area contributed by atoms with Crippen LogP contribution in [0.25, 0.3) is 0 Å². The number of anilines is 1. The van der Waals surface area contributed by atoms with Crippen LogP contribution in [-0.2, 0) is 4.79 Å². The average molecular weight is 311 g/mol. The van der Waals surface area contributed by atoms with E-state index in [2.05, 4.69) is 25.8 Å². The van der Waals surface area contributed by atoms with Gasteiger partial charge in [-0.3, -0.25) is 9.78 Å². The van der Waals surface area contributed by atoms with E-state index in [4.69, 9.17) is 0 Å². The number of pyridine rings is 1. The van der Waals surface area contributed by atoms with Gasteiger partial charge in [-0.2, -0.15) is 0 Å². The Morgan fingerprint density at radius 2 is 2.39 bits per heavy atom. The number of hydrogen-bond donors (Lipinski definition) is 1. The molecule has 3 rings (SSSR count). The molecule has 1 saturated heterocycles. The van der Waals surface area contributed by atoms with Crippen molar-refractivity contribution in [3.05, 3.63) is 22.9 Å². The third-order valence-corrected chi connectivity index (χ3v) is 4.79. The van der Waals surface area contributed by atoms with Gasteiger partial charge in [0.2, 0.25) is 0 Å². The summed E-state index contributed by atoms with van der Waals surface area (Å²) in [6.45, 7) is 1.45. The van der Waals surface area contributed by atoms with Gasteiger partial charge < -0.3 is 10.0 Å². The molecule has 0 aromatic carbocycles. The third kappa shape index (κ3) is 1.72. The predicted octanol–water partition coefficient (Wildman–Crippen LogP) is 2.54. The molecule has 2 fully saturated rings. The molecule has 96 valence electrons. The highest BCUT2D eigenvalue weighted by Gasteiger charge is 2.54. The number of aliphatic carboxylic acids is 1. The Kier molecular flexibility index (Phi) is 2.81. The SMILES string of the molecule is O=C(O)[C@@]12CCC[C@H]1CN(c1cncc(Br)c1)C2. The predicted molar refractivity (Wildman–Crippen MR) is 71.6 cm³/mol. The van der Waals surface area contributed by atoms with Crippen molar-refractivity contribution in [2.75, 3.05) is 18.0 Å². The Bertz CT molecular complexity index is 494. The van der Waals surface area contributed by atoms with E-state index >= 15 is 0 Å². The first kappa shape index (κ1) is 12.0. The zero-order valence-corrected chi connectivity index (χ0v) is 11.6. The second-order valence-electron chi connectivity index (χ2n) is 5.29. The molecule has 2 heterocycles. The normalized spacial score (nSPS) is 30.5. The molecule has 1 aromatic heterocycles. The van der Waals surface area contributed by atoms with Gasteiger partial charge in [0, 0.05) is 23.8 Å². The molecule has 1 aromatic rings. The Hall–Kier alpha value is -1.10. The van der Waals surface area contributed by atoms with Crippen LogP contribution in [0.4, 0.5) is 5.69 Å². The van der Waals surface area contributed by atoms with E-state index in [0.717, 1.165) is 36.0 Å². The lowest BCUT2D eigenvalue weighted by molar-refractivity contribution is -0.149. The van der Waals surface area contributed by atoms with Gasteiger partial charge in [-0.05, 0) is 40.8 Å². The van der Waals surface area contributed by atoms with E-state index in [1.54, 1.807) is 12.4 Å². The molecule has 0 unspecified atom stereocenters. The zero-order valence-electron chi connectivity index (χ0n) is 9.97. The number of rotatable bonds is 2. The number of carbonyl (C=O) groups is 1. The van der Waals surface area contributed by atoms with Crippen molar-refractivity contribution in [3.63, 3.8) is 0 Å². The minimum atomic E-state index is -0.629. The summed E-state index contributed by atoms with van der Waals surface area (Å²) < 4.78 is 0.932. The molecule has 1 aliphatic heterocycles. The molecule has 1 N–H and O–H groups in total. The lowest BCUT2D eigenvalue weighted by atomic mass is 9.81. The van der Waals surface area contributed by atoms with Gasteiger partial charge in [0.1, 0.15) is 0 Å². The van der Waals surface area contributed by atoms with Crippen LogP contribution in [0.2, 0.25) is 0 Å². The maximum Gasteiger partial charge on any atom is 0.311 e. The summed E-state index contributed by atoms with van der Waals surface area (Å²) in [5, 5.41) is 9.54. The number of carboxylic acid groups (broad SMARTS) is 1. The van der Waals surface area contributed by atoms with E-state index in [1.807, 2.05) is 6.07 Å². The zero-order chi connectivity index (χ0) is 12.8. The molecule has 0 bridgehead atoms. The maximum absolute atomic E-state index is 11.6. The summed E-state index contributed by atoms with van der Waals surface area (Å²) in [7, 11) is 0. The van der Waals surface area contributed by atoms with Crippen molar-refractivity contribution in [1.82, 2.24) is 4.98 Å². The molecule has 18 heavy (non-hydrogen) atoms. The van der Waals surface area contributed by atoms with E-state index in [9.17, 15) is 9.90 Å². The molecular weight excluding hydrogens is 296 g/mol. The van der Waals surface area contributed by atoms with E-state index in [0.29, 0.717) is 6.54 Å². The topological polar surface area (TPSA) is 53.4 Å². The molecule has 2 atom stereocenters. The lowest BCUT2D eigenvalue weighted by Crippen LogP contribution is -2.35. The van der Waals surface area contributed by atoms with Crippen LogP contribution >= 0.6 is 15.9 Å². The molecule has 5 heteroatoms. The highest BCUT2D eigenvalue weighted by Crippen LogP contribution is 2.49. The summed E-state index contributed by atoms with van der Waals surface area (Å²) >= 11 is 3.41. The Morgan fingerprint density at radius 1 is 1.56 bits per heavy atom. The van der Waals surface area contributed by atoms with Gasteiger partial charge in [-0.15, -0.1) is 0 Å². The van der Waals surface area contributed by atoms with Gasteiger partial charge in [0.15, 0.2) is 0 Å². The summed E-state index contributed by atoms with van der Waals surface area (Å²) in [6, 6.07) is 2.00. The molecule has 4 nitrogen and oxygen atoms in total. The number of nitrogens with zero attached hydrogens (tertiary/aromatic N) is 2. The Labute approximate surface area is 114 Å². The van der Waals surface area contributed by atoms with Crippen LogP contribution < -0.4 is 4.90 Å². The Balaban J connectivity index is 1.89. The molecule has 2 aliphatic rings. The van der Waals surface area contributed by atoms with Crippen LogP contribution in [0.3, 0.4) is 0 Å². The number of halogens is 1. The quantitative estimate of drug-likeness (QED) is 0.912. The molecule has 0 spiro atoms. The molecule has 0 radical (unpaired) electrons. The highest BCUT2D eigenvalue weighted by molar-refractivity contribution is 9.10. The first-order valence-electron chi connectivity index (χ1n) is 6.21. The summed E-state index contributed by atoms with van der Waals surface area (Å²) in [6.07, 6.45) is 6.44. The largest absolute Gasteiger partial charge is 0.481 e. The lowest BCUT2D eigenvalue weighted by Gasteiger charge is -2.24. The number of aromatic nitrogens is 1. The van der Waals surface area contributed by atoms with Crippen LogP contribution in [0.5, 0.6) is 0 Å². The fourth-order valence-electron chi connectivity index (χ4n) is 3.41. The standard InChI is InChI=1S/C13H15BrN2O2/c14-10-4-11(6-15-5-10)16-7-9-2-1-3-13(9,8-16)12(17)18/h4-6,9H,1-3,7-8H2,(H,17,18)/t9-,13+/m0/s1. The van der Waals surface area contributed by atoms with Gasteiger partial charge in [-0.25, -0.2) is 0 Å². The number of hydrogen-bond acceptors (Lipinski definition) is 3. The van der Waals surface area contributed by atoms with Crippen molar-refractivity contribution < 1.29 is 9.90 Å². The van der Waals surface area contributed by atoms with E-state index < -0.39 is 11.4 Å². The van der Waals surface area contributed by atoms with Gasteiger partial charge in [-0.1, -0.05) is 6.42 Å². The Morgan fingerprint density at radius 3 is 3.06 bits per heavy atom. The molecule has 1 aliphatic carbocycles. The van der Waals surface area contributed by atoms with E-state index in [-0.39, 0.29) is 5.92 Å². The van der Waals surface area contributed by atoms with Crippen molar-refractivity contribution in [2.45, 2.75) is 19.3 Å². The molecule has 0 amide bonds. The maximum atomic E-state index is 11.6. The fourth-order valence-corrected chi connectivity index (χ4v) is 3.76. The first-order valence-corrected chi connectivity index (χ1v) is 7.00. The smallest absolute Gasteiger partial charge is 0.311 e. The van der Waals surface area contributed by atoms with E-state index in [1.165, 1.54) is 0 Å². The number of carboxylic acids is 1. The molecular formula is C13H15BrN2O2. The van der Waals surface area contributed by atoms with Gasteiger partial charge >= 0.3 is 5.97 Å². The van der Waals surface area contributed by atoms with Crippen LogP contribution in [0, 0.1) is 11.3 Å².